The number of fused-ring (bicyclic) bond motifs is 1. The summed E-state index contributed by atoms with van der Waals surface area (Å²) < 4.78 is 42.2. The molecule has 0 saturated heterocycles. The molecular formula is C15H12FN3O4S. The normalized spacial score (nSPS) is 11.5. The number of hydrogen-bond acceptors (Lipinski definition) is 6. The summed E-state index contributed by atoms with van der Waals surface area (Å²) in [6.45, 7) is 0. The van der Waals surface area contributed by atoms with Crippen molar-refractivity contribution < 1.29 is 22.2 Å². The number of carbonyl (C=O) groups excluding carboxylic acids is 1. The summed E-state index contributed by atoms with van der Waals surface area (Å²) in [5.41, 5.74) is 0.852. The van der Waals surface area contributed by atoms with Crippen molar-refractivity contribution in [3.05, 3.63) is 48.3 Å². The predicted octanol–water partition coefficient (Wildman–Crippen LogP) is 2.16. The van der Waals surface area contributed by atoms with Crippen LogP contribution in [0.4, 0.5) is 10.1 Å². The lowest BCUT2D eigenvalue weighted by atomic mass is 10.3. The van der Waals surface area contributed by atoms with E-state index in [0.717, 1.165) is 0 Å². The second kappa shape index (κ2) is 6.36. The third-order valence-electron chi connectivity index (χ3n) is 3.31. The Balaban J connectivity index is 1.70. The fraction of sp³-hybridized carbons (Fsp3) is 0.133. The van der Waals surface area contributed by atoms with Crippen LogP contribution in [0.3, 0.4) is 0 Å². The zero-order valence-electron chi connectivity index (χ0n) is 12.3. The SMILES string of the molecule is O=C(CCS(=O)(=O)c1cccc2nonc12)Nc1ccc(F)cc1. The summed E-state index contributed by atoms with van der Waals surface area (Å²) in [6.07, 6.45) is -0.249. The predicted molar refractivity (Wildman–Crippen MR) is 83.5 cm³/mol. The molecule has 3 aromatic rings. The lowest BCUT2D eigenvalue weighted by Gasteiger charge is -2.06. The molecule has 24 heavy (non-hydrogen) atoms. The highest BCUT2D eigenvalue weighted by Crippen LogP contribution is 2.21. The van der Waals surface area contributed by atoms with E-state index in [1.807, 2.05) is 0 Å². The van der Waals surface area contributed by atoms with Crippen LogP contribution in [-0.2, 0) is 14.6 Å². The molecule has 0 saturated carbocycles. The number of carbonyl (C=O) groups is 1. The van der Waals surface area contributed by atoms with Crippen LogP contribution < -0.4 is 5.32 Å². The standard InChI is InChI=1S/C15H12FN3O4S/c16-10-4-6-11(7-5-10)17-14(20)8-9-24(21,22)13-3-1-2-12-15(13)19-23-18-12/h1-7H,8-9H2,(H,17,20). The van der Waals surface area contributed by atoms with Crippen molar-refractivity contribution in [1.82, 2.24) is 10.3 Å². The fourth-order valence-corrected chi connectivity index (χ4v) is 3.52. The minimum absolute atomic E-state index is 0.0316. The molecule has 124 valence electrons. The average Bonchev–Trinajstić information content (AvgIpc) is 3.03. The number of amides is 1. The summed E-state index contributed by atoms with van der Waals surface area (Å²) in [4.78, 5) is 11.8. The Morgan fingerprint density at radius 3 is 2.62 bits per heavy atom. The Labute approximate surface area is 136 Å². The first kappa shape index (κ1) is 16.1. The molecule has 0 aliphatic rings. The molecule has 1 aromatic heterocycles. The third-order valence-corrected chi connectivity index (χ3v) is 5.05. The largest absolute Gasteiger partial charge is 0.326 e. The van der Waals surface area contributed by atoms with Crippen LogP contribution in [0.2, 0.25) is 0 Å². The van der Waals surface area contributed by atoms with Crippen LogP contribution in [0.25, 0.3) is 11.0 Å². The zero-order chi connectivity index (χ0) is 17.2. The number of hydrogen-bond donors (Lipinski definition) is 1. The molecule has 9 heteroatoms. The Hall–Kier alpha value is -2.81. The molecule has 0 atom stereocenters. The van der Waals surface area contributed by atoms with Crippen molar-refractivity contribution in [2.75, 3.05) is 11.1 Å². The maximum atomic E-state index is 12.8. The van der Waals surface area contributed by atoms with E-state index >= 15 is 0 Å². The first-order valence-corrected chi connectivity index (χ1v) is 8.60. The van der Waals surface area contributed by atoms with Gasteiger partial charge in [-0.25, -0.2) is 17.4 Å². The van der Waals surface area contributed by atoms with E-state index in [0.29, 0.717) is 11.2 Å². The number of anilines is 1. The van der Waals surface area contributed by atoms with Gasteiger partial charge in [-0.15, -0.1) is 0 Å². The Morgan fingerprint density at radius 2 is 1.88 bits per heavy atom. The highest BCUT2D eigenvalue weighted by molar-refractivity contribution is 7.91. The maximum Gasteiger partial charge on any atom is 0.225 e. The van der Waals surface area contributed by atoms with Crippen molar-refractivity contribution in [1.29, 1.82) is 0 Å². The van der Waals surface area contributed by atoms with Crippen LogP contribution in [0.1, 0.15) is 6.42 Å². The van der Waals surface area contributed by atoms with Crippen molar-refractivity contribution in [2.45, 2.75) is 11.3 Å². The van der Waals surface area contributed by atoms with Gasteiger partial charge < -0.3 is 5.32 Å². The Bertz CT molecular complexity index is 983. The van der Waals surface area contributed by atoms with Crippen LogP contribution in [0, 0.1) is 5.82 Å². The van der Waals surface area contributed by atoms with Gasteiger partial charge in [-0.2, -0.15) is 0 Å². The Morgan fingerprint density at radius 1 is 1.12 bits per heavy atom. The molecule has 3 rings (SSSR count). The van der Waals surface area contributed by atoms with Gasteiger partial charge in [0.05, 0.1) is 10.6 Å². The van der Waals surface area contributed by atoms with E-state index in [-0.39, 0.29) is 16.8 Å². The molecule has 0 aliphatic heterocycles. The first-order valence-electron chi connectivity index (χ1n) is 6.95. The van der Waals surface area contributed by atoms with Crippen molar-refractivity contribution in [3.63, 3.8) is 0 Å². The first-order chi connectivity index (χ1) is 11.5. The lowest BCUT2D eigenvalue weighted by molar-refractivity contribution is -0.115. The van der Waals surface area contributed by atoms with Gasteiger partial charge in [0.2, 0.25) is 5.91 Å². The molecule has 0 radical (unpaired) electrons. The molecule has 7 nitrogen and oxygen atoms in total. The van der Waals surface area contributed by atoms with E-state index in [9.17, 15) is 17.6 Å². The summed E-state index contributed by atoms with van der Waals surface area (Å²) in [5, 5.41) is 9.69. The second-order valence-corrected chi connectivity index (χ2v) is 7.09. The van der Waals surface area contributed by atoms with Gasteiger partial charge in [-0.05, 0) is 46.7 Å². The molecule has 0 bridgehead atoms. The van der Waals surface area contributed by atoms with Gasteiger partial charge in [0.15, 0.2) is 15.4 Å². The minimum atomic E-state index is -3.73. The highest BCUT2D eigenvalue weighted by Gasteiger charge is 2.21. The number of nitrogens with zero attached hydrogens (tertiary/aromatic N) is 2. The third kappa shape index (κ3) is 3.40. The number of halogens is 1. The summed E-state index contributed by atoms with van der Waals surface area (Å²) in [6, 6.07) is 9.67. The van der Waals surface area contributed by atoms with Gasteiger partial charge in [0.25, 0.3) is 0 Å². The summed E-state index contributed by atoms with van der Waals surface area (Å²) in [5.74, 6) is -1.31. The van der Waals surface area contributed by atoms with Gasteiger partial charge in [-0.1, -0.05) is 6.07 Å². The van der Waals surface area contributed by atoms with E-state index in [1.165, 1.54) is 36.4 Å². The van der Waals surface area contributed by atoms with Crippen molar-refractivity contribution >= 4 is 32.5 Å². The molecular weight excluding hydrogens is 337 g/mol. The van der Waals surface area contributed by atoms with E-state index in [2.05, 4.69) is 20.3 Å². The maximum absolute atomic E-state index is 12.8. The average molecular weight is 349 g/mol. The van der Waals surface area contributed by atoms with Crippen molar-refractivity contribution in [2.24, 2.45) is 0 Å². The number of sulfone groups is 1. The zero-order valence-corrected chi connectivity index (χ0v) is 13.1. The number of benzene rings is 2. The lowest BCUT2D eigenvalue weighted by Crippen LogP contribution is -2.17. The van der Waals surface area contributed by atoms with Gasteiger partial charge in [-0.3, -0.25) is 4.79 Å². The monoisotopic (exact) mass is 349 g/mol. The molecule has 1 heterocycles. The van der Waals surface area contributed by atoms with Crippen molar-refractivity contribution in [3.8, 4) is 0 Å². The summed E-state index contributed by atoms with van der Waals surface area (Å²) in [7, 11) is -3.73. The van der Waals surface area contributed by atoms with Gasteiger partial charge in [0.1, 0.15) is 11.3 Å². The molecule has 0 spiro atoms. The second-order valence-electron chi connectivity index (χ2n) is 5.01. The minimum Gasteiger partial charge on any atom is -0.326 e. The van der Waals surface area contributed by atoms with E-state index in [4.69, 9.17) is 0 Å². The highest BCUT2D eigenvalue weighted by atomic mass is 32.2. The van der Waals surface area contributed by atoms with Crippen LogP contribution in [0.5, 0.6) is 0 Å². The topological polar surface area (TPSA) is 102 Å². The van der Waals surface area contributed by atoms with Gasteiger partial charge in [0, 0.05) is 12.1 Å². The number of nitrogens with one attached hydrogen (secondary N) is 1. The Kier molecular flexibility index (Phi) is 4.26. The van der Waals surface area contributed by atoms with E-state index in [1.54, 1.807) is 6.07 Å². The molecule has 1 amide bonds. The molecule has 0 fully saturated rings. The smallest absolute Gasteiger partial charge is 0.225 e. The van der Waals surface area contributed by atoms with Crippen LogP contribution in [0.15, 0.2) is 52.0 Å². The molecule has 0 unspecified atom stereocenters. The molecule has 2 aromatic carbocycles. The number of rotatable bonds is 5. The van der Waals surface area contributed by atoms with Crippen LogP contribution >= 0.6 is 0 Å². The molecule has 0 aliphatic carbocycles. The van der Waals surface area contributed by atoms with Crippen LogP contribution in [-0.4, -0.2) is 30.4 Å². The molecule has 1 N–H and O–H groups in total. The fourth-order valence-electron chi connectivity index (χ4n) is 2.13. The number of aromatic nitrogens is 2. The summed E-state index contributed by atoms with van der Waals surface area (Å²) >= 11 is 0. The van der Waals surface area contributed by atoms with E-state index < -0.39 is 27.3 Å². The quantitative estimate of drug-likeness (QED) is 0.757. The van der Waals surface area contributed by atoms with Gasteiger partial charge >= 0.3 is 0 Å².